The average molecular weight is 408 g/mol. The predicted octanol–water partition coefficient (Wildman–Crippen LogP) is 1.91. The number of carbonyl (C=O) groups is 2. The van der Waals surface area contributed by atoms with E-state index in [2.05, 4.69) is 5.32 Å². The van der Waals surface area contributed by atoms with E-state index >= 15 is 0 Å². The zero-order valence-electron chi connectivity index (χ0n) is 16.8. The Labute approximate surface area is 167 Å². The van der Waals surface area contributed by atoms with Crippen LogP contribution in [0.2, 0.25) is 0 Å². The van der Waals surface area contributed by atoms with Crippen LogP contribution in [0.3, 0.4) is 0 Å². The third-order valence-electron chi connectivity index (χ3n) is 5.37. The van der Waals surface area contributed by atoms with Crippen LogP contribution in [0.5, 0.6) is 0 Å². The van der Waals surface area contributed by atoms with Crippen molar-refractivity contribution >= 4 is 27.5 Å². The molecule has 2 heterocycles. The van der Waals surface area contributed by atoms with Crippen LogP contribution in [0.4, 0.5) is 5.69 Å². The van der Waals surface area contributed by atoms with E-state index < -0.39 is 10.0 Å². The maximum Gasteiger partial charge on any atom is 0.243 e. The third kappa shape index (κ3) is 4.22. The first-order valence-corrected chi connectivity index (χ1v) is 11.4. The van der Waals surface area contributed by atoms with Gasteiger partial charge in [-0.1, -0.05) is 0 Å². The number of rotatable bonds is 4. The van der Waals surface area contributed by atoms with E-state index in [0.717, 1.165) is 24.1 Å². The molecule has 0 radical (unpaired) electrons. The lowest BCUT2D eigenvalue weighted by Gasteiger charge is -2.32. The number of piperidine rings is 1. The Balaban J connectivity index is 1.83. The van der Waals surface area contributed by atoms with Crippen molar-refractivity contribution in [3.05, 3.63) is 23.8 Å². The van der Waals surface area contributed by atoms with Gasteiger partial charge in [-0.15, -0.1) is 0 Å². The molecule has 1 aromatic carbocycles. The summed E-state index contributed by atoms with van der Waals surface area (Å²) in [5.74, 6) is -0.444. The number of amides is 2. The van der Waals surface area contributed by atoms with Crippen molar-refractivity contribution in [2.75, 3.05) is 24.5 Å². The molecule has 0 aromatic heterocycles. The molecule has 1 N–H and O–H groups in total. The van der Waals surface area contributed by atoms with Crippen molar-refractivity contribution in [3.63, 3.8) is 0 Å². The summed E-state index contributed by atoms with van der Waals surface area (Å²) in [6.07, 6.45) is 2.93. The summed E-state index contributed by atoms with van der Waals surface area (Å²) in [7, 11) is -3.68. The number of carbonyl (C=O) groups excluding carboxylic acids is 2. The minimum Gasteiger partial charge on any atom is -0.354 e. The molecule has 0 saturated carbocycles. The summed E-state index contributed by atoms with van der Waals surface area (Å²) in [5.41, 5.74) is 1.68. The first-order chi connectivity index (χ1) is 13.2. The smallest absolute Gasteiger partial charge is 0.243 e. The molecule has 7 nitrogen and oxygen atoms in total. The summed E-state index contributed by atoms with van der Waals surface area (Å²) >= 11 is 0. The fourth-order valence-corrected chi connectivity index (χ4v) is 5.56. The van der Waals surface area contributed by atoms with Gasteiger partial charge in [0.2, 0.25) is 21.8 Å². The van der Waals surface area contributed by atoms with Crippen molar-refractivity contribution in [3.8, 4) is 0 Å². The van der Waals surface area contributed by atoms with E-state index in [1.54, 1.807) is 23.1 Å². The maximum absolute atomic E-state index is 13.2. The van der Waals surface area contributed by atoms with Gasteiger partial charge in [-0.05, 0) is 63.3 Å². The number of nitrogens with zero attached hydrogens (tertiary/aromatic N) is 2. The molecular formula is C20H29N3O4S. The fourth-order valence-electron chi connectivity index (χ4n) is 3.99. The largest absolute Gasteiger partial charge is 0.354 e. The molecular weight excluding hydrogens is 378 g/mol. The van der Waals surface area contributed by atoms with Crippen LogP contribution in [0.25, 0.3) is 0 Å². The Morgan fingerprint density at radius 3 is 2.61 bits per heavy atom. The summed E-state index contributed by atoms with van der Waals surface area (Å²) in [6.45, 7) is 6.60. The number of fused-ring (bicyclic) bond motifs is 1. The minimum absolute atomic E-state index is 0.0318. The zero-order valence-corrected chi connectivity index (χ0v) is 17.6. The summed E-state index contributed by atoms with van der Waals surface area (Å²) in [5, 5.41) is 2.88. The normalized spacial score (nSPS) is 20.7. The van der Waals surface area contributed by atoms with E-state index in [4.69, 9.17) is 0 Å². The molecule has 0 bridgehead atoms. The van der Waals surface area contributed by atoms with Crippen molar-refractivity contribution in [1.29, 1.82) is 0 Å². The molecule has 1 fully saturated rings. The van der Waals surface area contributed by atoms with E-state index in [9.17, 15) is 18.0 Å². The van der Waals surface area contributed by atoms with Crippen LogP contribution < -0.4 is 10.2 Å². The van der Waals surface area contributed by atoms with Gasteiger partial charge in [-0.3, -0.25) is 9.59 Å². The van der Waals surface area contributed by atoms with Crippen molar-refractivity contribution < 1.29 is 18.0 Å². The molecule has 3 rings (SSSR count). The lowest BCUT2D eigenvalue weighted by Crippen LogP contribution is -2.46. The quantitative estimate of drug-likeness (QED) is 0.826. The van der Waals surface area contributed by atoms with E-state index in [0.29, 0.717) is 25.9 Å². The van der Waals surface area contributed by atoms with Crippen LogP contribution in [0, 0.1) is 5.92 Å². The van der Waals surface area contributed by atoms with E-state index in [1.807, 2.05) is 13.8 Å². The number of anilines is 1. The highest BCUT2D eigenvalue weighted by Crippen LogP contribution is 2.31. The topological polar surface area (TPSA) is 86.8 Å². The van der Waals surface area contributed by atoms with Crippen molar-refractivity contribution in [2.45, 2.75) is 57.4 Å². The number of benzene rings is 1. The third-order valence-corrected chi connectivity index (χ3v) is 7.23. The molecule has 1 saturated heterocycles. The fraction of sp³-hybridized carbons (Fsp3) is 0.600. The highest BCUT2D eigenvalue weighted by Gasteiger charge is 2.34. The van der Waals surface area contributed by atoms with Gasteiger partial charge in [0.1, 0.15) is 0 Å². The Morgan fingerprint density at radius 1 is 1.18 bits per heavy atom. The summed E-state index contributed by atoms with van der Waals surface area (Å²) < 4.78 is 27.8. The molecule has 0 spiro atoms. The first-order valence-electron chi connectivity index (χ1n) is 9.91. The molecule has 0 aliphatic carbocycles. The van der Waals surface area contributed by atoms with Gasteiger partial charge >= 0.3 is 0 Å². The van der Waals surface area contributed by atoms with Gasteiger partial charge in [-0.25, -0.2) is 8.42 Å². The second kappa shape index (κ2) is 8.21. The van der Waals surface area contributed by atoms with Gasteiger partial charge < -0.3 is 10.2 Å². The van der Waals surface area contributed by atoms with Crippen molar-refractivity contribution in [2.24, 2.45) is 5.92 Å². The van der Waals surface area contributed by atoms with Gasteiger partial charge in [0, 0.05) is 38.3 Å². The molecule has 1 aromatic rings. The SMILES string of the molecule is CC(=O)N1CCCc2cc(S(=O)(=O)N3CCC[C@H](C(=O)NC(C)C)C3)ccc21. The first kappa shape index (κ1) is 20.8. The Kier molecular flexibility index (Phi) is 6.09. The maximum atomic E-state index is 13.2. The summed E-state index contributed by atoms with van der Waals surface area (Å²) in [6, 6.07) is 5.03. The number of hydrogen-bond acceptors (Lipinski definition) is 4. The Morgan fingerprint density at radius 2 is 1.93 bits per heavy atom. The van der Waals surface area contributed by atoms with Crippen LogP contribution in [-0.2, 0) is 26.0 Å². The number of hydrogen-bond donors (Lipinski definition) is 1. The Bertz CT molecular complexity index is 866. The minimum atomic E-state index is -3.68. The second-order valence-electron chi connectivity index (χ2n) is 7.93. The predicted molar refractivity (Wildman–Crippen MR) is 108 cm³/mol. The lowest BCUT2D eigenvalue weighted by atomic mass is 9.98. The standard InChI is InChI=1S/C20H29N3O4S/c1-14(2)21-20(25)17-7-4-10-22(13-17)28(26,27)18-8-9-19-16(12-18)6-5-11-23(19)15(3)24/h8-9,12,14,17H,4-7,10-11,13H2,1-3H3,(H,21,25)/t17-/m0/s1. The average Bonchev–Trinajstić information content (AvgIpc) is 2.66. The second-order valence-corrected chi connectivity index (χ2v) is 9.87. The van der Waals surface area contributed by atoms with Crippen LogP contribution in [0.15, 0.2) is 23.1 Å². The molecule has 2 amide bonds. The van der Waals surface area contributed by atoms with E-state index in [1.165, 1.54) is 11.2 Å². The molecule has 2 aliphatic rings. The van der Waals surface area contributed by atoms with Crippen molar-refractivity contribution in [1.82, 2.24) is 9.62 Å². The monoisotopic (exact) mass is 407 g/mol. The summed E-state index contributed by atoms with van der Waals surface area (Å²) in [4.78, 5) is 26.1. The highest BCUT2D eigenvalue weighted by molar-refractivity contribution is 7.89. The van der Waals surface area contributed by atoms with E-state index in [-0.39, 0.29) is 35.2 Å². The number of aryl methyl sites for hydroxylation is 1. The molecule has 154 valence electrons. The Hall–Kier alpha value is -1.93. The molecule has 28 heavy (non-hydrogen) atoms. The van der Waals surface area contributed by atoms with Gasteiger partial charge in [0.15, 0.2) is 0 Å². The number of nitrogens with one attached hydrogen (secondary N) is 1. The molecule has 0 unspecified atom stereocenters. The number of sulfonamides is 1. The van der Waals surface area contributed by atoms with Gasteiger partial charge in [0.05, 0.1) is 10.8 Å². The molecule has 1 atom stereocenters. The van der Waals surface area contributed by atoms with Crippen LogP contribution >= 0.6 is 0 Å². The highest BCUT2D eigenvalue weighted by atomic mass is 32.2. The lowest BCUT2D eigenvalue weighted by molar-refractivity contribution is -0.126. The van der Waals surface area contributed by atoms with Gasteiger partial charge in [-0.2, -0.15) is 4.31 Å². The molecule has 8 heteroatoms. The zero-order chi connectivity index (χ0) is 20.5. The van der Waals surface area contributed by atoms with Crippen LogP contribution in [-0.4, -0.2) is 50.2 Å². The van der Waals surface area contributed by atoms with Gasteiger partial charge in [0.25, 0.3) is 0 Å². The molecule has 2 aliphatic heterocycles. The van der Waals surface area contributed by atoms with Crippen LogP contribution in [0.1, 0.15) is 45.6 Å².